The van der Waals surface area contributed by atoms with Crippen LogP contribution in [0.5, 0.6) is 0 Å². The minimum Gasteiger partial charge on any atom is -0.434 e. The molecule has 0 rings (SSSR count). The molecule has 62 valence electrons. The van der Waals surface area contributed by atoms with Gasteiger partial charge in [0.15, 0.2) is 0 Å². The third-order valence-electron chi connectivity index (χ3n) is 0.794. The average Bonchev–Trinajstić information content (AvgIpc) is 1.86. The summed E-state index contributed by atoms with van der Waals surface area (Å²) in [5, 5.41) is 8.22. The van der Waals surface area contributed by atoms with E-state index in [9.17, 15) is 9.59 Å². The van der Waals surface area contributed by atoms with Crippen LogP contribution in [0.1, 0.15) is 13.3 Å². The summed E-state index contributed by atoms with van der Waals surface area (Å²) in [4.78, 5) is 20.9. The Hall–Kier alpha value is -1.16. The zero-order chi connectivity index (χ0) is 8.69. The summed E-state index contributed by atoms with van der Waals surface area (Å²) in [7, 11) is 0. The molecule has 0 bridgehead atoms. The molecule has 0 amide bonds. The molecular formula is C7H10O4. The maximum absolute atomic E-state index is 10.6. The van der Waals surface area contributed by atoms with Gasteiger partial charge in [0.25, 0.3) is 0 Å². The highest BCUT2D eigenvalue weighted by atomic mass is 16.5. The summed E-state index contributed by atoms with van der Waals surface area (Å²) in [6.07, 6.45) is 2.10. The van der Waals surface area contributed by atoms with Gasteiger partial charge in [0.05, 0.1) is 12.9 Å². The van der Waals surface area contributed by atoms with Crippen molar-refractivity contribution in [1.82, 2.24) is 0 Å². The highest BCUT2D eigenvalue weighted by Gasteiger charge is 2.03. The summed E-state index contributed by atoms with van der Waals surface area (Å²) < 4.78 is 4.39. The Morgan fingerprint density at radius 3 is 2.64 bits per heavy atom. The second-order valence-electron chi connectivity index (χ2n) is 1.92. The summed E-state index contributed by atoms with van der Waals surface area (Å²) in [6, 6.07) is 0. The molecule has 0 saturated heterocycles. The third kappa shape index (κ3) is 6.73. The number of carbonyl (C=O) groups excluding carboxylic acids is 2. The number of aliphatic hydroxyl groups excluding tert-OH is 1. The fourth-order valence-electron chi connectivity index (χ4n) is 0.412. The Balaban J connectivity index is 3.53. The van der Waals surface area contributed by atoms with Crippen molar-refractivity contribution in [3.63, 3.8) is 0 Å². The molecule has 0 spiro atoms. The van der Waals surface area contributed by atoms with Crippen LogP contribution in [0.25, 0.3) is 0 Å². The van der Waals surface area contributed by atoms with E-state index < -0.39 is 5.97 Å². The smallest absolute Gasteiger partial charge is 0.318 e. The average molecular weight is 158 g/mol. The van der Waals surface area contributed by atoms with Gasteiger partial charge < -0.3 is 9.84 Å². The quantitative estimate of drug-likeness (QED) is 0.356. The molecule has 1 N–H and O–H groups in total. The largest absolute Gasteiger partial charge is 0.434 e. The lowest BCUT2D eigenvalue weighted by Gasteiger charge is -1.93. The molecule has 0 atom stereocenters. The predicted octanol–water partition coefficient (Wildman–Crippen LogP) is 0.0147. The molecule has 0 aromatic heterocycles. The van der Waals surface area contributed by atoms with Crippen LogP contribution < -0.4 is 0 Å². The molecule has 0 aliphatic carbocycles. The van der Waals surface area contributed by atoms with E-state index in [2.05, 4.69) is 4.74 Å². The second-order valence-corrected chi connectivity index (χ2v) is 1.92. The number of aliphatic hydroxyl groups is 1. The van der Waals surface area contributed by atoms with E-state index in [1.807, 2.05) is 0 Å². The first kappa shape index (κ1) is 9.84. The Morgan fingerprint density at radius 2 is 2.18 bits per heavy atom. The van der Waals surface area contributed by atoms with Crippen LogP contribution in [0.3, 0.4) is 0 Å². The van der Waals surface area contributed by atoms with E-state index in [1.165, 1.54) is 13.0 Å². The molecule has 0 radical (unpaired) electrons. The number of hydrogen-bond acceptors (Lipinski definition) is 4. The van der Waals surface area contributed by atoms with E-state index in [4.69, 9.17) is 5.11 Å². The summed E-state index contributed by atoms with van der Waals surface area (Å²) in [5.41, 5.74) is 0. The Labute approximate surface area is 64.5 Å². The lowest BCUT2D eigenvalue weighted by Crippen LogP contribution is -2.05. The van der Waals surface area contributed by atoms with Gasteiger partial charge in [-0.15, -0.1) is 0 Å². The van der Waals surface area contributed by atoms with Gasteiger partial charge in [-0.05, 0) is 13.0 Å². The topological polar surface area (TPSA) is 63.6 Å². The van der Waals surface area contributed by atoms with Gasteiger partial charge in [0, 0.05) is 0 Å². The molecule has 0 fully saturated rings. The molecule has 4 heteroatoms. The van der Waals surface area contributed by atoms with E-state index in [0.717, 1.165) is 6.26 Å². The number of rotatable bonds is 4. The first-order chi connectivity index (χ1) is 5.16. The van der Waals surface area contributed by atoms with Crippen molar-refractivity contribution in [2.45, 2.75) is 13.3 Å². The van der Waals surface area contributed by atoms with E-state index >= 15 is 0 Å². The number of Topliss-reactive ketones (excluding diaryl/α,β-unsaturated/α-hetero) is 1. The molecule has 0 unspecified atom stereocenters. The maximum atomic E-state index is 10.6. The summed E-state index contributed by atoms with van der Waals surface area (Å²) >= 11 is 0. The highest BCUT2D eigenvalue weighted by molar-refractivity contribution is 5.94. The number of esters is 1. The van der Waals surface area contributed by atoms with Crippen LogP contribution in [0, 0.1) is 0 Å². The first-order valence-electron chi connectivity index (χ1n) is 3.11. The minimum atomic E-state index is -0.609. The molecule has 0 aliphatic rings. The van der Waals surface area contributed by atoms with Gasteiger partial charge in [-0.1, -0.05) is 0 Å². The van der Waals surface area contributed by atoms with E-state index in [0.29, 0.717) is 0 Å². The van der Waals surface area contributed by atoms with Crippen LogP contribution in [0.2, 0.25) is 0 Å². The van der Waals surface area contributed by atoms with Crippen LogP contribution in [-0.4, -0.2) is 23.5 Å². The zero-order valence-electron chi connectivity index (χ0n) is 6.24. The van der Waals surface area contributed by atoms with Crippen LogP contribution in [0.15, 0.2) is 12.3 Å². The predicted molar refractivity (Wildman–Crippen MR) is 37.6 cm³/mol. The Bertz CT molecular complexity index is 171. The summed E-state index contributed by atoms with van der Waals surface area (Å²) in [6.45, 7) is 1.12. The fraction of sp³-hybridized carbons (Fsp3) is 0.429. The van der Waals surface area contributed by atoms with Crippen molar-refractivity contribution in [3.8, 4) is 0 Å². The number of ether oxygens (including phenoxy) is 1. The Morgan fingerprint density at radius 1 is 1.55 bits per heavy atom. The zero-order valence-corrected chi connectivity index (χ0v) is 6.24. The second kappa shape index (κ2) is 5.61. The molecule has 11 heavy (non-hydrogen) atoms. The monoisotopic (exact) mass is 158 g/mol. The van der Waals surface area contributed by atoms with Crippen molar-refractivity contribution in [3.05, 3.63) is 12.3 Å². The van der Waals surface area contributed by atoms with E-state index in [-0.39, 0.29) is 18.8 Å². The van der Waals surface area contributed by atoms with Crippen molar-refractivity contribution >= 4 is 11.8 Å². The molecule has 0 aromatic carbocycles. The van der Waals surface area contributed by atoms with Gasteiger partial charge >= 0.3 is 5.97 Å². The van der Waals surface area contributed by atoms with Crippen molar-refractivity contribution in [2.24, 2.45) is 0 Å². The van der Waals surface area contributed by atoms with Crippen molar-refractivity contribution in [2.75, 3.05) is 6.61 Å². The molecule has 4 nitrogen and oxygen atoms in total. The maximum Gasteiger partial charge on any atom is 0.318 e. The van der Waals surface area contributed by atoms with Crippen LogP contribution in [0.4, 0.5) is 0 Å². The molecule has 0 saturated carbocycles. The number of carbonyl (C=O) groups is 2. The molecule has 0 heterocycles. The Kier molecular flexibility index (Phi) is 5.02. The highest BCUT2D eigenvalue weighted by Crippen LogP contribution is 1.88. The molecule has 0 aromatic rings. The first-order valence-corrected chi connectivity index (χ1v) is 3.11. The summed E-state index contributed by atoms with van der Waals surface area (Å²) in [5.74, 6) is -0.852. The standard InChI is InChI=1S/C7H10O4/c1-6(9)5-7(10)11-4-2-3-8/h2,4,8H,3,5H2,1H3. The molecule has 0 aliphatic heterocycles. The number of ketones is 1. The van der Waals surface area contributed by atoms with Gasteiger partial charge in [-0.3, -0.25) is 9.59 Å². The number of hydrogen-bond donors (Lipinski definition) is 1. The molecular weight excluding hydrogens is 148 g/mol. The SMILES string of the molecule is CC(=O)CC(=O)OC=CCO. The van der Waals surface area contributed by atoms with Crippen LogP contribution in [-0.2, 0) is 14.3 Å². The lowest BCUT2D eigenvalue weighted by molar-refractivity contribution is -0.140. The van der Waals surface area contributed by atoms with Crippen LogP contribution >= 0.6 is 0 Å². The third-order valence-corrected chi connectivity index (χ3v) is 0.794. The van der Waals surface area contributed by atoms with Gasteiger partial charge in [0.1, 0.15) is 12.2 Å². The van der Waals surface area contributed by atoms with Gasteiger partial charge in [0.2, 0.25) is 0 Å². The lowest BCUT2D eigenvalue weighted by atomic mass is 10.3. The van der Waals surface area contributed by atoms with Crippen molar-refractivity contribution in [1.29, 1.82) is 0 Å². The minimum absolute atomic E-state index is 0.187. The van der Waals surface area contributed by atoms with Crippen molar-refractivity contribution < 1.29 is 19.4 Å². The fourth-order valence-corrected chi connectivity index (χ4v) is 0.412. The van der Waals surface area contributed by atoms with E-state index in [1.54, 1.807) is 0 Å². The normalized spacial score (nSPS) is 10.0. The van der Waals surface area contributed by atoms with Gasteiger partial charge in [-0.25, -0.2) is 0 Å². The van der Waals surface area contributed by atoms with Gasteiger partial charge in [-0.2, -0.15) is 0 Å².